The summed E-state index contributed by atoms with van der Waals surface area (Å²) in [6.45, 7) is 0.964. The van der Waals surface area contributed by atoms with Gasteiger partial charge in [0.25, 0.3) is 5.91 Å². The van der Waals surface area contributed by atoms with Crippen LogP contribution in [-0.2, 0) is 7.05 Å². The van der Waals surface area contributed by atoms with Gasteiger partial charge in [-0.3, -0.25) is 14.5 Å². The Bertz CT molecular complexity index is 1570. The quantitative estimate of drug-likeness (QED) is 0.319. The number of aryl methyl sites for hydroxylation is 1. The molecule has 6 rings (SSSR count). The molecule has 0 radical (unpaired) electrons. The van der Waals surface area contributed by atoms with Crippen LogP contribution in [0, 0.1) is 5.82 Å². The molecule has 35 heavy (non-hydrogen) atoms. The number of fused-ring (bicyclic) bond motifs is 3. The van der Waals surface area contributed by atoms with Crippen molar-refractivity contribution in [2.24, 2.45) is 7.05 Å². The van der Waals surface area contributed by atoms with E-state index in [1.807, 2.05) is 19.3 Å². The average Bonchev–Trinajstić information content (AvgIpc) is 3.57. The normalized spacial score (nSPS) is 17.9. The van der Waals surface area contributed by atoms with Crippen molar-refractivity contribution in [3.8, 4) is 22.4 Å². The van der Waals surface area contributed by atoms with E-state index in [2.05, 4.69) is 30.7 Å². The molecule has 4 N–H and O–H groups in total. The molecule has 1 saturated heterocycles. The highest BCUT2D eigenvalue weighted by Crippen LogP contribution is 2.36. The number of nitrogens with one attached hydrogen (secondary N) is 3. The maximum atomic E-state index is 15.2. The fourth-order valence-corrected chi connectivity index (χ4v) is 4.58. The molecule has 0 saturated carbocycles. The van der Waals surface area contributed by atoms with Crippen LogP contribution in [-0.4, -0.2) is 61.0 Å². The number of hydrogen-bond donors (Lipinski definition) is 4. The van der Waals surface area contributed by atoms with Gasteiger partial charge in [-0.05, 0) is 23.8 Å². The smallest absolute Gasteiger partial charge is 0.251 e. The highest BCUT2D eigenvalue weighted by atomic mass is 19.1. The zero-order valence-electron chi connectivity index (χ0n) is 18.8. The van der Waals surface area contributed by atoms with Gasteiger partial charge in [-0.15, -0.1) is 0 Å². The summed E-state index contributed by atoms with van der Waals surface area (Å²) >= 11 is 0. The number of aromatic amines is 1. The molecule has 1 aliphatic rings. The average molecular weight is 471 g/mol. The fraction of sp³-hybridized carbons (Fsp3) is 0.200. The number of H-pyrrole nitrogens is 1. The van der Waals surface area contributed by atoms with Crippen molar-refractivity contribution in [2.75, 3.05) is 13.1 Å². The molecule has 0 unspecified atom stereocenters. The SMILES string of the molecule is Cn1cc(-c2cc3c(cn2)[nH]c2ncc(F)c(-c4ccc(C(=O)N[C@@H]5CNC[C@H]5O)cc4)c23)cn1. The topological polar surface area (TPSA) is 121 Å². The Morgan fingerprint density at radius 3 is 2.69 bits per heavy atom. The van der Waals surface area contributed by atoms with E-state index in [0.717, 1.165) is 22.2 Å². The second kappa shape index (κ2) is 8.26. The fourth-order valence-electron chi connectivity index (χ4n) is 4.58. The number of pyridine rings is 2. The molecule has 5 aromatic rings. The minimum Gasteiger partial charge on any atom is -0.390 e. The number of carbonyl (C=O) groups is 1. The van der Waals surface area contributed by atoms with E-state index in [-0.39, 0.29) is 11.9 Å². The molecule has 4 aromatic heterocycles. The summed E-state index contributed by atoms with van der Waals surface area (Å²) in [6.07, 6.45) is 5.88. The maximum Gasteiger partial charge on any atom is 0.251 e. The Labute approximate surface area is 199 Å². The second-order valence-corrected chi connectivity index (χ2v) is 8.73. The monoisotopic (exact) mass is 471 g/mol. The summed E-state index contributed by atoms with van der Waals surface area (Å²) in [5.41, 5.74) is 4.31. The van der Waals surface area contributed by atoms with Crippen LogP contribution in [0.3, 0.4) is 0 Å². The van der Waals surface area contributed by atoms with Crippen molar-refractivity contribution in [3.63, 3.8) is 0 Å². The van der Waals surface area contributed by atoms with Crippen LogP contribution in [0.4, 0.5) is 4.39 Å². The molecule has 176 valence electrons. The molecule has 9 nitrogen and oxygen atoms in total. The van der Waals surface area contributed by atoms with E-state index < -0.39 is 11.9 Å². The van der Waals surface area contributed by atoms with Gasteiger partial charge in [-0.25, -0.2) is 9.37 Å². The minimum atomic E-state index is -0.620. The molecule has 0 aliphatic carbocycles. The number of aliphatic hydroxyl groups is 1. The van der Waals surface area contributed by atoms with Gasteiger partial charge in [-0.1, -0.05) is 12.1 Å². The maximum absolute atomic E-state index is 15.2. The third kappa shape index (κ3) is 3.72. The molecule has 2 atom stereocenters. The number of rotatable bonds is 4. The van der Waals surface area contributed by atoms with Gasteiger partial charge in [0.05, 0.1) is 41.9 Å². The lowest BCUT2D eigenvalue weighted by atomic mass is 9.99. The second-order valence-electron chi connectivity index (χ2n) is 8.73. The van der Waals surface area contributed by atoms with Crippen LogP contribution in [0.1, 0.15) is 10.4 Å². The number of β-amino-alcohol motifs (C(OH)–C–C–N with tert-alkyl or cyclic N) is 1. The Morgan fingerprint density at radius 2 is 1.97 bits per heavy atom. The van der Waals surface area contributed by atoms with Gasteiger partial charge >= 0.3 is 0 Å². The minimum absolute atomic E-state index is 0.288. The van der Waals surface area contributed by atoms with Crippen LogP contribution in [0.25, 0.3) is 44.3 Å². The number of halogens is 1. The summed E-state index contributed by atoms with van der Waals surface area (Å²) in [5.74, 6) is -0.751. The first-order valence-electron chi connectivity index (χ1n) is 11.2. The zero-order valence-corrected chi connectivity index (χ0v) is 18.8. The number of carbonyl (C=O) groups excluding carboxylic acids is 1. The zero-order chi connectivity index (χ0) is 24.1. The van der Waals surface area contributed by atoms with E-state index in [4.69, 9.17) is 0 Å². The van der Waals surface area contributed by atoms with Crippen molar-refractivity contribution in [2.45, 2.75) is 12.1 Å². The largest absolute Gasteiger partial charge is 0.390 e. The lowest BCUT2D eigenvalue weighted by molar-refractivity contribution is 0.0888. The Balaban J connectivity index is 1.41. The van der Waals surface area contributed by atoms with E-state index in [9.17, 15) is 9.90 Å². The van der Waals surface area contributed by atoms with E-state index in [1.54, 1.807) is 41.3 Å². The predicted octanol–water partition coefficient (Wildman–Crippen LogP) is 2.38. The van der Waals surface area contributed by atoms with Gasteiger partial charge in [-0.2, -0.15) is 5.10 Å². The third-order valence-electron chi connectivity index (χ3n) is 6.39. The summed E-state index contributed by atoms with van der Waals surface area (Å²) in [5, 5.41) is 21.4. The first-order chi connectivity index (χ1) is 17.0. The van der Waals surface area contributed by atoms with Crippen molar-refractivity contribution in [1.29, 1.82) is 0 Å². The molecular weight excluding hydrogens is 449 g/mol. The Morgan fingerprint density at radius 1 is 1.14 bits per heavy atom. The Kier molecular flexibility index (Phi) is 5.05. The highest BCUT2D eigenvalue weighted by Gasteiger charge is 2.26. The van der Waals surface area contributed by atoms with E-state index >= 15 is 4.39 Å². The van der Waals surface area contributed by atoms with Crippen LogP contribution < -0.4 is 10.6 Å². The summed E-state index contributed by atoms with van der Waals surface area (Å²) < 4.78 is 16.9. The molecule has 1 fully saturated rings. The van der Waals surface area contributed by atoms with Crippen LogP contribution in [0.2, 0.25) is 0 Å². The van der Waals surface area contributed by atoms with Gasteiger partial charge in [0.2, 0.25) is 0 Å². The standard InChI is InChI=1S/C25H22FN7O2/c1-33-12-15(7-30-33)18-6-16-19(10-28-18)31-24-23(16)22(17(26)8-29-24)13-2-4-14(5-3-13)25(35)32-20-9-27-11-21(20)34/h2-8,10,12,20-21,27,34H,9,11H2,1H3,(H,29,31)(H,32,35)/t20-,21-/m1/s1. The highest BCUT2D eigenvalue weighted by molar-refractivity contribution is 6.13. The number of aliphatic hydroxyl groups excluding tert-OH is 1. The van der Waals surface area contributed by atoms with Crippen molar-refractivity contribution < 1.29 is 14.3 Å². The lowest BCUT2D eigenvalue weighted by Gasteiger charge is -2.15. The first-order valence-corrected chi connectivity index (χ1v) is 11.2. The van der Waals surface area contributed by atoms with Gasteiger partial charge in [0.1, 0.15) is 11.5 Å². The summed E-state index contributed by atoms with van der Waals surface area (Å²) in [6, 6.07) is 8.31. The molecular formula is C25H22FN7O2. The third-order valence-corrected chi connectivity index (χ3v) is 6.39. The number of amides is 1. The Hall–Kier alpha value is -4.15. The predicted molar refractivity (Wildman–Crippen MR) is 129 cm³/mol. The number of benzene rings is 1. The summed E-state index contributed by atoms with van der Waals surface area (Å²) in [7, 11) is 1.84. The van der Waals surface area contributed by atoms with E-state index in [0.29, 0.717) is 40.8 Å². The lowest BCUT2D eigenvalue weighted by Crippen LogP contribution is -2.42. The van der Waals surface area contributed by atoms with Crippen molar-refractivity contribution in [3.05, 3.63) is 66.5 Å². The van der Waals surface area contributed by atoms with Crippen LogP contribution >= 0.6 is 0 Å². The molecule has 0 spiro atoms. The van der Waals surface area contributed by atoms with Gasteiger partial charge in [0.15, 0.2) is 0 Å². The number of hydrogen-bond acceptors (Lipinski definition) is 6. The number of nitrogens with zero attached hydrogens (tertiary/aromatic N) is 4. The van der Waals surface area contributed by atoms with Crippen molar-refractivity contribution in [1.82, 2.24) is 35.4 Å². The number of aromatic nitrogens is 5. The van der Waals surface area contributed by atoms with Crippen LogP contribution in [0.15, 0.2) is 55.1 Å². The van der Waals surface area contributed by atoms with Crippen LogP contribution in [0.5, 0.6) is 0 Å². The van der Waals surface area contributed by atoms with Crippen molar-refractivity contribution >= 4 is 27.8 Å². The van der Waals surface area contributed by atoms with Gasteiger partial charge < -0.3 is 20.7 Å². The molecule has 5 heterocycles. The summed E-state index contributed by atoms with van der Waals surface area (Å²) in [4.78, 5) is 24.6. The van der Waals surface area contributed by atoms with E-state index in [1.165, 1.54) is 6.20 Å². The molecule has 0 bridgehead atoms. The molecule has 10 heteroatoms. The first kappa shape index (κ1) is 21.4. The molecule has 1 amide bonds. The van der Waals surface area contributed by atoms with Gasteiger partial charge in [0, 0.05) is 53.8 Å². The molecule has 1 aliphatic heterocycles. The molecule has 1 aromatic carbocycles.